The van der Waals surface area contributed by atoms with E-state index in [0.29, 0.717) is 5.54 Å². The summed E-state index contributed by atoms with van der Waals surface area (Å²) in [7, 11) is 0. The summed E-state index contributed by atoms with van der Waals surface area (Å²) in [6.07, 6.45) is 10.3. The lowest BCUT2D eigenvalue weighted by Gasteiger charge is -2.56. The molecule has 2 heteroatoms. The Bertz CT molecular complexity index is 301. The minimum atomic E-state index is 0.361. The monoisotopic (exact) mass is 264 g/mol. The van der Waals surface area contributed by atoms with E-state index >= 15 is 0 Å². The maximum absolute atomic E-state index is 2.85. The molecule has 3 saturated heterocycles. The molecule has 2 bridgehead atoms. The number of piperidine rings is 2. The molecular weight excluding hydrogens is 232 g/mol. The molecule has 19 heavy (non-hydrogen) atoms. The van der Waals surface area contributed by atoms with Crippen molar-refractivity contribution in [1.29, 1.82) is 0 Å². The number of piperazine rings is 1. The quantitative estimate of drug-likeness (QED) is 0.753. The van der Waals surface area contributed by atoms with E-state index in [2.05, 4.69) is 30.6 Å². The number of hydrogen-bond donors (Lipinski definition) is 0. The molecule has 0 radical (unpaired) electrons. The number of hydrogen-bond acceptors (Lipinski definition) is 2. The van der Waals surface area contributed by atoms with Gasteiger partial charge in [0.1, 0.15) is 0 Å². The van der Waals surface area contributed by atoms with Crippen molar-refractivity contribution in [3.63, 3.8) is 0 Å². The van der Waals surface area contributed by atoms with E-state index < -0.39 is 0 Å². The van der Waals surface area contributed by atoms with E-state index in [1.807, 2.05) is 0 Å². The van der Waals surface area contributed by atoms with Crippen LogP contribution in [0.25, 0.3) is 0 Å². The summed E-state index contributed by atoms with van der Waals surface area (Å²) in [6.45, 7) is 11.2. The van der Waals surface area contributed by atoms with E-state index in [1.165, 1.54) is 64.6 Å². The summed E-state index contributed by atoms with van der Waals surface area (Å²) >= 11 is 0. The first-order valence-corrected chi connectivity index (χ1v) is 8.55. The third kappa shape index (κ3) is 3.00. The lowest BCUT2D eigenvalue weighted by Crippen LogP contribution is -2.67. The van der Waals surface area contributed by atoms with Crippen LogP contribution in [0.2, 0.25) is 0 Å². The Hall–Kier alpha value is -0.0800. The third-order valence-corrected chi connectivity index (χ3v) is 5.72. The molecule has 3 aliphatic heterocycles. The molecule has 0 aromatic heterocycles. The number of nitrogens with zero attached hydrogens (tertiary/aromatic N) is 2. The highest BCUT2D eigenvalue weighted by atomic mass is 15.3. The van der Waals surface area contributed by atoms with E-state index in [-0.39, 0.29) is 0 Å². The zero-order valence-electron chi connectivity index (χ0n) is 13.2. The fraction of sp³-hybridized carbons (Fsp3) is 1.00. The fourth-order valence-corrected chi connectivity index (χ4v) is 4.66. The van der Waals surface area contributed by atoms with Crippen molar-refractivity contribution in [3.05, 3.63) is 0 Å². The van der Waals surface area contributed by atoms with Crippen molar-refractivity contribution >= 4 is 0 Å². The summed E-state index contributed by atoms with van der Waals surface area (Å²) < 4.78 is 0. The summed E-state index contributed by atoms with van der Waals surface area (Å²) in [5.41, 5.74) is 0.361. The minimum Gasteiger partial charge on any atom is -0.297 e. The molecule has 110 valence electrons. The molecule has 2 atom stereocenters. The molecule has 0 spiro atoms. The van der Waals surface area contributed by atoms with Crippen LogP contribution in [0.4, 0.5) is 0 Å². The van der Waals surface area contributed by atoms with Crippen molar-refractivity contribution in [2.24, 2.45) is 5.92 Å². The minimum absolute atomic E-state index is 0.361. The highest BCUT2D eigenvalue weighted by Gasteiger charge is 2.43. The molecule has 4 rings (SSSR count). The zero-order chi connectivity index (χ0) is 13.5. The van der Waals surface area contributed by atoms with Gasteiger partial charge in [-0.15, -0.1) is 0 Å². The highest BCUT2D eigenvalue weighted by molar-refractivity contribution is 4.99. The van der Waals surface area contributed by atoms with Crippen LogP contribution in [-0.2, 0) is 0 Å². The van der Waals surface area contributed by atoms with Gasteiger partial charge in [-0.3, -0.25) is 9.80 Å². The van der Waals surface area contributed by atoms with Crippen molar-refractivity contribution < 1.29 is 0 Å². The SMILES string of the molecule is CC(C)(C)N1CC2CCC1CN2CC1CCCCC1. The highest BCUT2D eigenvalue weighted by Crippen LogP contribution is 2.35. The van der Waals surface area contributed by atoms with Gasteiger partial charge in [-0.2, -0.15) is 0 Å². The lowest BCUT2D eigenvalue weighted by atomic mass is 9.84. The van der Waals surface area contributed by atoms with Gasteiger partial charge in [0.05, 0.1) is 0 Å². The van der Waals surface area contributed by atoms with E-state index in [4.69, 9.17) is 0 Å². The Balaban J connectivity index is 1.59. The molecule has 4 fully saturated rings. The molecule has 2 unspecified atom stereocenters. The van der Waals surface area contributed by atoms with Gasteiger partial charge in [0, 0.05) is 37.3 Å². The van der Waals surface area contributed by atoms with Crippen molar-refractivity contribution in [1.82, 2.24) is 9.80 Å². The molecule has 0 amide bonds. The Morgan fingerprint density at radius 3 is 2.11 bits per heavy atom. The molecule has 2 nitrogen and oxygen atoms in total. The number of rotatable bonds is 2. The Labute approximate surface area is 119 Å². The maximum atomic E-state index is 2.85. The summed E-state index contributed by atoms with van der Waals surface area (Å²) in [5, 5.41) is 0. The molecule has 3 heterocycles. The summed E-state index contributed by atoms with van der Waals surface area (Å²) in [4.78, 5) is 5.63. The van der Waals surface area contributed by atoms with Gasteiger partial charge >= 0.3 is 0 Å². The number of fused-ring (bicyclic) bond motifs is 3. The predicted octanol–water partition coefficient (Wildman–Crippen LogP) is 3.51. The van der Waals surface area contributed by atoms with Crippen LogP contribution >= 0.6 is 0 Å². The first kappa shape index (κ1) is 13.9. The molecular formula is C17H32N2. The predicted molar refractivity (Wildman–Crippen MR) is 81.4 cm³/mol. The smallest absolute Gasteiger partial charge is 0.0229 e. The molecule has 0 aromatic rings. The van der Waals surface area contributed by atoms with Crippen LogP contribution in [0.1, 0.15) is 65.7 Å². The van der Waals surface area contributed by atoms with Gasteiger partial charge in [0.25, 0.3) is 0 Å². The Morgan fingerprint density at radius 2 is 1.53 bits per heavy atom. The van der Waals surface area contributed by atoms with Crippen LogP contribution in [0, 0.1) is 5.92 Å². The molecule has 1 saturated carbocycles. The first-order chi connectivity index (χ1) is 9.04. The third-order valence-electron chi connectivity index (χ3n) is 5.72. The lowest BCUT2D eigenvalue weighted by molar-refractivity contribution is -0.0692. The maximum Gasteiger partial charge on any atom is 0.0229 e. The van der Waals surface area contributed by atoms with Crippen LogP contribution < -0.4 is 0 Å². The topological polar surface area (TPSA) is 6.48 Å². The Morgan fingerprint density at radius 1 is 0.842 bits per heavy atom. The van der Waals surface area contributed by atoms with Crippen molar-refractivity contribution in [2.45, 2.75) is 83.3 Å². The van der Waals surface area contributed by atoms with Gasteiger partial charge in [0.15, 0.2) is 0 Å². The molecule has 0 aromatic carbocycles. The van der Waals surface area contributed by atoms with E-state index in [0.717, 1.165) is 18.0 Å². The fourth-order valence-electron chi connectivity index (χ4n) is 4.66. The summed E-state index contributed by atoms with van der Waals surface area (Å²) in [6, 6.07) is 1.68. The van der Waals surface area contributed by atoms with E-state index in [9.17, 15) is 0 Å². The van der Waals surface area contributed by atoms with Gasteiger partial charge in [0.2, 0.25) is 0 Å². The van der Waals surface area contributed by atoms with Crippen molar-refractivity contribution in [3.8, 4) is 0 Å². The largest absolute Gasteiger partial charge is 0.297 e. The zero-order valence-corrected chi connectivity index (χ0v) is 13.2. The second-order valence-corrected chi connectivity index (χ2v) is 8.17. The van der Waals surface area contributed by atoms with Crippen LogP contribution in [-0.4, -0.2) is 47.1 Å². The molecule has 1 aliphatic carbocycles. The second-order valence-electron chi connectivity index (χ2n) is 8.17. The second kappa shape index (κ2) is 5.37. The van der Waals surface area contributed by atoms with Crippen molar-refractivity contribution in [2.75, 3.05) is 19.6 Å². The average molecular weight is 264 g/mol. The van der Waals surface area contributed by atoms with Gasteiger partial charge < -0.3 is 0 Å². The first-order valence-electron chi connectivity index (χ1n) is 8.55. The van der Waals surface area contributed by atoms with E-state index in [1.54, 1.807) is 0 Å². The van der Waals surface area contributed by atoms with Crippen LogP contribution in [0.3, 0.4) is 0 Å². The van der Waals surface area contributed by atoms with Gasteiger partial charge in [-0.05, 0) is 52.4 Å². The molecule has 0 N–H and O–H groups in total. The van der Waals surface area contributed by atoms with Gasteiger partial charge in [-0.25, -0.2) is 0 Å². The normalized spacial score (nSPS) is 34.9. The summed E-state index contributed by atoms with van der Waals surface area (Å²) in [5.74, 6) is 1.01. The Kier molecular flexibility index (Phi) is 3.92. The average Bonchev–Trinajstić information content (AvgIpc) is 2.39. The van der Waals surface area contributed by atoms with Gasteiger partial charge in [-0.1, -0.05) is 19.3 Å². The molecule has 4 aliphatic rings. The van der Waals surface area contributed by atoms with Crippen LogP contribution in [0.5, 0.6) is 0 Å². The standard InChI is InChI=1S/C17H32N2/c1-17(2,3)19-13-15-9-10-16(19)12-18(15)11-14-7-5-4-6-8-14/h14-16H,4-13H2,1-3H3. The van der Waals surface area contributed by atoms with Crippen LogP contribution in [0.15, 0.2) is 0 Å².